The Bertz CT molecular complexity index is 180. The summed E-state index contributed by atoms with van der Waals surface area (Å²) >= 11 is 0. The lowest BCUT2D eigenvalue weighted by atomic mass is 10.1. The Morgan fingerprint density at radius 3 is 2.46 bits per heavy atom. The monoisotopic (exact) mass is 186 g/mol. The summed E-state index contributed by atoms with van der Waals surface area (Å²) < 4.78 is 0. The molecule has 0 aromatic heterocycles. The molecule has 1 amide bonds. The number of ketones is 1. The number of hydrogen-bond donors (Lipinski definition) is 2. The van der Waals surface area contributed by atoms with Crippen molar-refractivity contribution in [3.8, 4) is 0 Å². The molecular weight excluding hydrogens is 168 g/mol. The molecule has 0 rings (SSSR count). The molecule has 0 aliphatic carbocycles. The molecule has 1 atom stereocenters. The third-order valence-corrected chi connectivity index (χ3v) is 1.79. The van der Waals surface area contributed by atoms with Crippen LogP contribution in [-0.4, -0.2) is 24.3 Å². The number of carbonyl (C=O) groups is 2. The number of carbonyl (C=O) groups excluding carboxylic acids is 2. The Balaban J connectivity index is 3.80. The van der Waals surface area contributed by atoms with Crippen molar-refractivity contribution in [3.63, 3.8) is 0 Å². The lowest BCUT2D eigenvalue weighted by molar-refractivity contribution is -0.120. The van der Waals surface area contributed by atoms with Gasteiger partial charge in [0.1, 0.15) is 5.78 Å². The van der Waals surface area contributed by atoms with Crippen LogP contribution in [-0.2, 0) is 9.59 Å². The highest BCUT2D eigenvalue weighted by atomic mass is 16.1. The number of amides is 1. The summed E-state index contributed by atoms with van der Waals surface area (Å²) in [5, 5.41) is 2.83. The van der Waals surface area contributed by atoms with Crippen molar-refractivity contribution in [2.45, 2.75) is 39.2 Å². The SMILES string of the molecule is CCCC[C@H](NCC(C)=O)C(N)=O. The largest absolute Gasteiger partial charge is 0.368 e. The molecule has 76 valence electrons. The van der Waals surface area contributed by atoms with E-state index in [9.17, 15) is 9.59 Å². The molecule has 0 aromatic rings. The van der Waals surface area contributed by atoms with Crippen molar-refractivity contribution >= 4 is 11.7 Å². The van der Waals surface area contributed by atoms with Gasteiger partial charge in [0.2, 0.25) is 5.91 Å². The third-order valence-electron chi connectivity index (χ3n) is 1.79. The minimum atomic E-state index is -0.380. The van der Waals surface area contributed by atoms with Crippen LogP contribution in [0.25, 0.3) is 0 Å². The smallest absolute Gasteiger partial charge is 0.234 e. The lowest BCUT2D eigenvalue weighted by Crippen LogP contribution is -2.43. The van der Waals surface area contributed by atoms with Crippen molar-refractivity contribution in [1.82, 2.24) is 5.32 Å². The van der Waals surface area contributed by atoms with Crippen LogP contribution in [0.1, 0.15) is 33.1 Å². The fourth-order valence-corrected chi connectivity index (χ4v) is 1.02. The second kappa shape index (κ2) is 6.60. The van der Waals surface area contributed by atoms with Crippen LogP contribution in [0.15, 0.2) is 0 Å². The van der Waals surface area contributed by atoms with E-state index in [1.807, 2.05) is 6.92 Å². The van der Waals surface area contributed by atoms with Gasteiger partial charge in [0.05, 0.1) is 12.6 Å². The minimum absolute atomic E-state index is 0.0164. The number of nitrogens with one attached hydrogen (secondary N) is 1. The van der Waals surface area contributed by atoms with Crippen LogP contribution in [0.4, 0.5) is 0 Å². The lowest BCUT2D eigenvalue weighted by Gasteiger charge is -2.13. The summed E-state index contributed by atoms with van der Waals surface area (Å²) in [5.74, 6) is -0.363. The third kappa shape index (κ3) is 6.28. The van der Waals surface area contributed by atoms with Crippen molar-refractivity contribution in [2.24, 2.45) is 5.73 Å². The maximum absolute atomic E-state index is 10.9. The van der Waals surface area contributed by atoms with Crippen LogP contribution in [0.5, 0.6) is 0 Å². The number of Topliss-reactive ketones (excluding diaryl/α,β-unsaturated/α-hetero) is 1. The first-order valence-electron chi connectivity index (χ1n) is 4.60. The molecule has 0 aromatic carbocycles. The standard InChI is InChI=1S/C9H18N2O2/c1-3-4-5-8(9(10)13)11-6-7(2)12/h8,11H,3-6H2,1-2H3,(H2,10,13)/t8-/m0/s1. The Labute approximate surface area is 78.9 Å². The fraction of sp³-hybridized carbons (Fsp3) is 0.778. The quantitative estimate of drug-likeness (QED) is 0.597. The van der Waals surface area contributed by atoms with Gasteiger partial charge in [0.25, 0.3) is 0 Å². The van der Waals surface area contributed by atoms with Crippen LogP contribution in [0.2, 0.25) is 0 Å². The highest BCUT2D eigenvalue weighted by Gasteiger charge is 2.13. The molecule has 3 N–H and O–H groups in total. The summed E-state index contributed by atoms with van der Waals surface area (Å²) in [5.41, 5.74) is 5.15. The number of rotatable bonds is 7. The highest BCUT2D eigenvalue weighted by molar-refractivity contribution is 5.82. The van der Waals surface area contributed by atoms with E-state index in [0.29, 0.717) is 6.42 Å². The van der Waals surface area contributed by atoms with Gasteiger partial charge in [-0.15, -0.1) is 0 Å². The van der Waals surface area contributed by atoms with Crippen LogP contribution in [0.3, 0.4) is 0 Å². The molecule has 4 nitrogen and oxygen atoms in total. The van der Waals surface area contributed by atoms with E-state index in [-0.39, 0.29) is 24.3 Å². The maximum atomic E-state index is 10.9. The van der Waals surface area contributed by atoms with E-state index in [0.717, 1.165) is 12.8 Å². The van der Waals surface area contributed by atoms with Gasteiger partial charge in [0, 0.05) is 0 Å². The number of nitrogens with two attached hydrogens (primary N) is 1. The molecule has 13 heavy (non-hydrogen) atoms. The molecule has 0 radical (unpaired) electrons. The van der Waals surface area contributed by atoms with E-state index in [4.69, 9.17) is 5.73 Å². The van der Waals surface area contributed by atoms with Crippen molar-refractivity contribution in [3.05, 3.63) is 0 Å². The Hall–Kier alpha value is -0.900. The fourth-order valence-electron chi connectivity index (χ4n) is 1.02. The van der Waals surface area contributed by atoms with Gasteiger partial charge in [0.15, 0.2) is 0 Å². The average molecular weight is 186 g/mol. The Morgan fingerprint density at radius 1 is 1.46 bits per heavy atom. The van der Waals surface area contributed by atoms with Gasteiger partial charge < -0.3 is 5.73 Å². The normalized spacial score (nSPS) is 12.5. The molecule has 0 unspecified atom stereocenters. The minimum Gasteiger partial charge on any atom is -0.368 e. The zero-order valence-corrected chi connectivity index (χ0v) is 8.30. The van der Waals surface area contributed by atoms with Gasteiger partial charge in [-0.25, -0.2) is 0 Å². The maximum Gasteiger partial charge on any atom is 0.234 e. The molecule has 0 aliphatic heterocycles. The van der Waals surface area contributed by atoms with E-state index < -0.39 is 0 Å². The zero-order valence-electron chi connectivity index (χ0n) is 8.30. The predicted octanol–water partition coefficient (Wildman–Crippen LogP) is 0.209. The van der Waals surface area contributed by atoms with Crippen molar-refractivity contribution in [1.29, 1.82) is 0 Å². The molecule has 0 spiro atoms. The van der Waals surface area contributed by atoms with E-state index in [1.54, 1.807) is 0 Å². The molecule has 0 saturated carbocycles. The number of unbranched alkanes of at least 4 members (excludes halogenated alkanes) is 1. The summed E-state index contributed by atoms with van der Waals surface area (Å²) in [4.78, 5) is 21.5. The number of primary amides is 1. The second-order valence-corrected chi connectivity index (χ2v) is 3.18. The summed E-state index contributed by atoms with van der Waals surface area (Å²) in [7, 11) is 0. The molecule has 0 heterocycles. The van der Waals surface area contributed by atoms with E-state index in [1.165, 1.54) is 6.92 Å². The zero-order chi connectivity index (χ0) is 10.3. The van der Waals surface area contributed by atoms with Crippen LogP contribution in [0, 0.1) is 0 Å². The van der Waals surface area contributed by atoms with E-state index in [2.05, 4.69) is 5.32 Å². The molecule has 0 aliphatic rings. The molecular formula is C9H18N2O2. The molecule has 4 heteroatoms. The van der Waals surface area contributed by atoms with Gasteiger partial charge in [-0.05, 0) is 13.3 Å². The van der Waals surface area contributed by atoms with Crippen molar-refractivity contribution < 1.29 is 9.59 Å². The average Bonchev–Trinajstić information content (AvgIpc) is 2.03. The van der Waals surface area contributed by atoms with Crippen molar-refractivity contribution in [2.75, 3.05) is 6.54 Å². The Kier molecular flexibility index (Phi) is 6.14. The second-order valence-electron chi connectivity index (χ2n) is 3.18. The summed E-state index contributed by atoms with van der Waals surface area (Å²) in [6.07, 6.45) is 2.67. The molecule has 0 saturated heterocycles. The van der Waals surface area contributed by atoms with Gasteiger partial charge in [-0.3, -0.25) is 14.9 Å². The topological polar surface area (TPSA) is 72.2 Å². The van der Waals surface area contributed by atoms with Gasteiger partial charge in [-0.1, -0.05) is 19.8 Å². The van der Waals surface area contributed by atoms with Crippen LogP contribution < -0.4 is 11.1 Å². The summed E-state index contributed by atoms with van der Waals surface area (Å²) in [6.45, 7) is 3.74. The number of hydrogen-bond acceptors (Lipinski definition) is 3. The highest BCUT2D eigenvalue weighted by Crippen LogP contribution is 1.99. The van der Waals surface area contributed by atoms with E-state index >= 15 is 0 Å². The molecule has 0 fully saturated rings. The van der Waals surface area contributed by atoms with Crippen LogP contribution >= 0.6 is 0 Å². The molecule has 0 bridgehead atoms. The first-order valence-corrected chi connectivity index (χ1v) is 4.60. The first-order chi connectivity index (χ1) is 6.07. The van der Waals surface area contributed by atoms with Gasteiger partial charge >= 0.3 is 0 Å². The summed E-state index contributed by atoms with van der Waals surface area (Å²) in [6, 6.07) is -0.358. The first kappa shape index (κ1) is 12.1. The predicted molar refractivity (Wildman–Crippen MR) is 51.2 cm³/mol. The van der Waals surface area contributed by atoms with Gasteiger partial charge in [-0.2, -0.15) is 0 Å². The Morgan fingerprint density at radius 2 is 2.08 bits per heavy atom.